The molecule has 1 heterocycles. The Labute approximate surface area is 102 Å². The third-order valence-corrected chi connectivity index (χ3v) is 3.51. The zero-order valence-electron chi connectivity index (χ0n) is 9.98. The smallest absolute Gasteiger partial charge is 0.253 e. The third-order valence-electron chi connectivity index (χ3n) is 3.51. The molecular formula is C14H18N2O. The topological polar surface area (TPSA) is 32.3 Å². The van der Waals surface area contributed by atoms with E-state index < -0.39 is 0 Å². The molecule has 1 saturated carbocycles. The highest BCUT2D eigenvalue weighted by Crippen LogP contribution is 2.26. The van der Waals surface area contributed by atoms with Gasteiger partial charge < -0.3 is 10.2 Å². The largest absolute Gasteiger partial charge is 0.371 e. The average Bonchev–Trinajstić information content (AvgIpc) is 3.00. The first kappa shape index (κ1) is 10.6. The van der Waals surface area contributed by atoms with Crippen LogP contribution in [0.3, 0.4) is 0 Å². The van der Waals surface area contributed by atoms with Gasteiger partial charge in [0.15, 0.2) is 0 Å². The Balaban J connectivity index is 1.83. The fourth-order valence-corrected chi connectivity index (χ4v) is 2.39. The number of hydrogen-bond donors (Lipinski definition) is 1. The third kappa shape index (κ3) is 2.28. The van der Waals surface area contributed by atoms with Crippen molar-refractivity contribution < 1.29 is 4.79 Å². The lowest BCUT2D eigenvalue weighted by Crippen LogP contribution is -2.28. The van der Waals surface area contributed by atoms with Crippen LogP contribution in [0.4, 0.5) is 5.69 Å². The molecule has 0 radical (unpaired) electrons. The molecule has 1 amide bonds. The van der Waals surface area contributed by atoms with Crippen LogP contribution in [0, 0.1) is 0 Å². The molecule has 2 aliphatic rings. The van der Waals surface area contributed by atoms with Gasteiger partial charge in [0.1, 0.15) is 0 Å². The lowest BCUT2D eigenvalue weighted by Gasteiger charge is -2.20. The molecule has 3 nitrogen and oxygen atoms in total. The maximum atomic E-state index is 12.1. The lowest BCUT2D eigenvalue weighted by atomic mass is 10.1. The van der Waals surface area contributed by atoms with Gasteiger partial charge >= 0.3 is 0 Å². The second kappa shape index (κ2) is 4.40. The van der Waals surface area contributed by atoms with Crippen LogP contribution in [0.25, 0.3) is 0 Å². The molecule has 90 valence electrons. The lowest BCUT2D eigenvalue weighted by molar-refractivity contribution is 0.0951. The zero-order chi connectivity index (χ0) is 11.7. The minimum atomic E-state index is 0.0926. The first-order valence-electron chi connectivity index (χ1n) is 6.49. The second-order valence-corrected chi connectivity index (χ2v) is 4.96. The van der Waals surface area contributed by atoms with E-state index in [1.54, 1.807) is 0 Å². The van der Waals surface area contributed by atoms with E-state index in [9.17, 15) is 4.79 Å². The summed E-state index contributed by atoms with van der Waals surface area (Å²) < 4.78 is 0. The van der Waals surface area contributed by atoms with Crippen LogP contribution in [0.15, 0.2) is 24.3 Å². The minimum absolute atomic E-state index is 0.0926. The van der Waals surface area contributed by atoms with Crippen LogP contribution in [-0.2, 0) is 0 Å². The second-order valence-electron chi connectivity index (χ2n) is 4.96. The zero-order valence-corrected chi connectivity index (χ0v) is 9.98. The van der Waals surface area contributed by atoms with Crippen molar-refractivity contribution in [3.63, 3.8) is 0 Å². The predicted octanol–water partition coefficient (Wildman–Crippen LogP) is 2.18. The standard InChI is InChI=1S/C14H18N2O/c17-14(15-11-7-8-11)12-5-1-2-6-13(12)16-9-3-4-10-16/h1-2,5-6,11H,3-4,7-10H2,(H,15,17). The van der Waals surface area contributed by atoms with Gasteiger partial charge in [-0.1, -0.05) is 12.1 Å². The first-order valence-corrected chi connectivity index (χ1v) is 6.49. The van der Waals surface area contributed by atoms with Crippen molar-refractivity contribution in [2.45, 2.75) is 31.7 Å². The number of carbonyl (C=O) groups excluding carboxylic acids is 1. The maximum Gasteiger partial charge on any atom is 0.253 e. The first-order chi connectivity index (χ1) is 8.34. The molecule has 0 bridgehead atoms. The summed E-state index contributed by atoms with van der Waals surface area (Å²) in [5, 5.41) is 3.07. The van der Waals surface area contributed by atoms with Gasteiger partial charge in [0.25, 0.3) is 5.91 Å². The Bertz CT molecular complexity index is 420. The van der Waals surface area contributed by atoms with E-state index >= 15 is 0 Å². The maximum absolute atomic E-state index is 12.1. The van der Waals surface area contributed by atoms with Gasteiger partial charge in [-0.15, -0.1) is 0 Å². The molecule has 0 spiro atoms. The van der Waals surface area contributed by atoms with Crippen LogP contribution < -0.4 is 10.2 Å². The van der Waals surface area contributed by atoms with E-state index in [2.05, 4.69) is 16.3 Å². The van der Waals surface area contributed by atoms with Crippen molar-refractivity contribution in [1.82, 2.24) is 5.32 Å². The SMILES string of the molecule is O=C(NC1CC1)c1ccccc1N1CCCC1. The number of amides is 1. The van der Waals surface area contributed by atoms with Gasteiger partial charge in [0.2, 0.25) is 0 Å². The van der Waals surface area contributed by atoms with Crippen molar-refractivity contribution >= 4 is 11.6 Å². The summed E-state index contributed by atoms with van der Waals surface area (Å²) >= 11 is 0. The van der Waals surface area contributed by atoms with Gasteiger partial charge in [-0.3, -0.25) is 4.79 Å². The molecule has 1 aliphatic heterocycles. The molecule has 1 aromatic carbocycles. The summed E-state index contributed by atoms with van der Waals surface area (Å²) in [5.74, 6) is 0.0926. The molecule has 3 heteroatoms. The summed E-state index contributed by atoms with van der Waals surface area (Å²) in [7, 11) is 0. The highest BCUT2D eigenvalue weighted by molar-refractivity contribution is 6.00. The van der Waals surface area contributed by atoms with Crippen molar-refractivity contribution in [3.05, 3.63) is 29.8 Å². The fraction of sp³-hybridized carbons (Fsp3) is 0.500. The number of para-hydroxylation sites is 1. The molecule has 1 aliphatic carbocycles. The Morgan fingerprint density at radius 1 is 1.18 bits per heavy atom. The molecule has 17 heavy (non-hydrogen) atoms. The normalized spacial score (nSPS) is 19.4. The van der Waals surface area contributed by atoms with Crippen molar-refractivity contribution in [1.29, 1.82) is 0 Å². The van der Waals surface area contributed by atoms with E-state index in [0.717, 1.165) is 37.2 Å². The van der Waals surface area contributed by atoms with E-state index in [1.807, 2.05) is 18.2 Å². The molecule has 0 atom stereocenters. The molecule has 1 saturated heterocycles. The van der Waals surface area contributed by atoms with Crippen molar-refractivity contribution in [2.24, 2.45) is 0 Å². The molecular weight excluding hydrogens is 212 g/mol. The Kier molecular flexibility index (Phi) is 2.75. The Morgan fingerprint density at radius 3 is 2.59 bits per heavy atom. The minimum Gasteiger partial charge on any atom is -0.371 e. The van der Waals surface area contributed by atoms with E-state index in [4.69, 9.17) is 0 Å². The van der Waals surface area contributed by atoms with Gasteiger partial charge in [0.05, 0.1) is 5.56 Å². The molecule has 0 aromatic heterocycles. The number of carbonyl (C=O) groups is 1. The number of hydrogen-bond acceptors (Lipinski definition) is 2. The van der Waals surface area contributed by atoms with Gasteiger partial charge in [0, 0.05) is 24.8 Å². The number of rotatable bonds is 3. The van der Waals surface area contributed by atoms with Crippen LogP contribution in [0.5, 0.6) is 0 Å². The van der Waals surface area contributed by atoms with E-state index in [-0.39, 0.29) is 5.91 Å². The molecule has 1 N–H and O–H groups in total. The predicted molar refractivity (Wildman–Crippen MR) is 68.4 cm³/mol. The van der Waals surface area contributed by atoms with Crippen LogP contribution in [0.2, 0.25) is 0 Å². The van der Waals surface area contributed by atoms with Gasteiger partial charge in [-0.05, 0) is 37.8 Å². The summed E-state index contributed by atoms with van der Waals surface area (Å²) in [5.41, 5.74) is 1.93. The Hall–Kier alpha value is -1.51. The summed E-state index contributed by atoms with van der Waals surface area (Å²) in [4.78, 5) is 14.5. The van der Waals surface area contributed by atoms with Crippen molar-refractivity contribution in [2.75, 3.05) is 18.0 Å². The summed E-state index contributed by atoms with van der Waals surface area (Å²) in [6.45, 7) is 2.15. The molecule has 2 fully saturated rings. The van der Waals surface area contributed by atoms with Crippen LogP contribution in [0.1, 0.15) is 36.0 Å². The van der Waals surface area contributed by atoms with E-state index in [1.165, 1.54) is 12.8 Å². The van der Waals surface area contributed by atoms with Crippen LogP contribution in [-0.4, -0.2) is 25.0 Å². The average molecular weight is 230 g/mol. The summed E-state index contributed by atoms with van der Waals surface area (Å²) in [6.07, 6.45) is 4.74. The summed E-state index contributed by atoms with van der Waals surface area (Å²) in [6, 6.07) is 8.38. The van der Waals surface area contributed by atoms with Gasteiger partial charge in [-0.25, -0.2) is 0 Å². The van der Waals surface area contributed by atoms with Crippen LogP contribution >= 0.6 is 0 Å². The van der Waals surface area contributed by atoms with Crippen molar-refractivity contribution in [3.8, 4) is 0 Å². The van der Waals surface area contributed by atoms with E-state index in [0.29, 0.717) is 6.04 Å². The highest BCUT2D eigenvalue weighted by Gasteiger charge is 2.26. The molecule has 3 rings (SSSR count). The molecule has 1 aromatic rings. The molecule has 0 unspecified atom stereocenters. The number of benzene rings is 1. The fourth-order valence-electron chi connectivity index (χ4n) is 2.39. The van der Waals surface area contributed by atoms with Gasteiger partial charge in [-0.2, -0.15) is 0 Å². The number of nitrogens with zero attached hydrogens (tertiary/aromatic N) is 1. The Morgan fingerprint density at radius 2 is 1.88 bits per heavy atom. The highest BCUT2D eigenvalue weighted by atomic mass is 16.1. The quantitative estimate of drug-likeness (QED) is 0.863. The number of anilines is 1. The number of nitrogens with one attached hydrogen (secondary N) is 1. The monoisotopic (exact) mass is 230 g/mol.